The number of carbonyl (C=O) groups excluding carboxylic acids is 1. The Bertz CT molecular complexity index is 296. The first kappa shape index (κ1) is 19.8. The van der Waals surface area contributed by atoms with E-state index in [0.29, 0.717) is 33.0 Å². The van der Waals surface area contributed by atoms with Gasteiger partial charge >= 0.3 is 11.9 Å². The van der Waals surface area contributed by atoms with Gasteiger partial charge in [-0.25, -0.2) is 0 Å². The van der Waals surface area contributed by atoms with Crippen LogP contribution in [0, 0.1) is 0 Å². The smallest absolute Gasteiger partial charge is 0.308 e. The predicted octanol–water partition coefficient (Wildman–Crippen LogP) is 1.24. The second-order valence-electron chi connectivity index (χ2n) is 5.32. The van der Waals surface area contributed by atoms with Gasteiger partial charge in [-0.2, -0.15) is 0 Å². The molecule has 0 aliphatic carbocycles. The minimum absolute atomic E-state index is 0.00617. The maximum absolute atomic E-state index is 11.4. The minimum Gasteiger partial charge on any atom is -0.481 e. The highest BCUT2D eigenvalue weighted by Gasteiger charge is 2.15. The maximum Gasteiger partial charge on any atom is 0.308 e. The molecule has 0 spiro atoms. The zero-order valence-electron chi connectivity index (χ0n) is 13.1. The second kappa shape index (κ2) is 11.5. The quantitative estimate of drug-likeness (QED) is 0.428. The fraction of sp³-hybridized carbons (Fsp3) is 0.857. The van der Waals surface area contributed by atoms with Crippen molar-refractivity contribution in [2.24, 2.45) is 0 Å². The van der Waals surface area contributed by atoms with Gasteiger partial charge in [-0.1, -0.05) is 0 Å². The van der Waals surface area contributed by atoms with Crippen LogP contribution in [0.2, 0.25) is 0 Å². The van der Waals surface area contributed by atoms with Crippen LogP contribution in [0.25, 0.3) is 0 Å². The number of ether oxygens (including phenoxy) is 4. The van der Waals surface area contributed by atoms with Gasteiger partial charge in [0.2, 0.25) is 0 Å². The van der Waals surface area contributed by atoms with Gasteiger partial charge in [-0.15, -0.1) is 0 Å². The van der Waals surface area contributed by atoms with Crippen LogP contribution in [0.3, 0.4) is 0 Å². The number of carboxylic acid groups (broad SMARTS) is 1. The van der Waals surface area contributed by atoms with Gasteiger partial charge in [0.15, 0.2) is 0 Å². The zero-order chi connectivity index (χ0) is 16.1. The Morgan fingerprint density at radius 2 is 1.24 bits per heavy atom. The standard InChI is InChI=1S/C14H26O7/c1-14(2,3)21-13(17)5-7-19-9-11-20-10-8-18-6-4-12(15)16/h4-11H2,1-3H3,(H,15,16). The topological polar surface area (TPSA) is 91.3 Å². The molecule has 0 saturated carbocycles. The Labute approximate surface area is 125 Å². The Balaban J connectivity index is 3.22. The number of carbonyl (C=O) groups is 2. The van der Waals surface area contributed by atoms with Crippen LogP contribution in [-0.2, 0) is 28.5 Å². The molecule has 0 aromatic carbocycles. The minimum atomic E-state index is -0.880. The van der Waals surface area contributed by atoms with Gasteiger partial charge in [0.05, 0.1) is 52.5 Å². The first-order valence-corrected chi connectivity index (χ1v) is 6.98. The van der Waals surface area contributed by atoms with E-state index in [-0.39, 0.29) is 25.4 Å². The van der Waals surface area contributed by atoms with Crippen molar-refractivity contribution in [2.75, 3.05) is 39.6 Å². The van der Waals surface area contributed by atoms with Crippen LogP contribution < -0.4 is 0 Å². The van der Waals surface area contributed by atoms with Crippen molar-refractivity contribution >= 4 is 11.9 Å². The van der Waals surface area contributed by atoms with Crippen molar-refractivity contribution in [3.05, 3.63) is 0 Å². The molecular formula is C14H26O7. The van der Waals surface area contributed by atoms with E-state index in [2.05, 4.69) is 0 Å². The summed E-state index contributed by atoms with van der Waals surface area (Å²) >= 11 is 0. The van der Waals surface area contributed by atoms with Crippen molar-refractivity contribution in [3.63, 3.8) is 0 Å². The Morgan fingerprint density at radius 1 is 0.810 bits per heavy atom. The Hall–Kier alpha value is -1.18. The van der Waals surface area contributed by atoms with Crippen molar-refractivity contribution in [2.45, 2.75) is 39.2 Å². The van der Waals surface area contributed by atoms with E-state index in [0.717, 1.165) is 0 Å². The summed E-state index contributed by atoms with van der Waals surface area (Å²) in [6, 6.07) is 0. The summed E-state index contributed by atoms with van der Waals surface area (Å²) < 4.78 is 20.6. The van der Waals surface area contributed by atoms with Crippen molar-refractivity contribution < 1.29 is 33.6 Å². The molecule has 0 bridgehead atoms. The molecule has 7 heteroatoms. The van der Waals surface area contributed by atoms with Crippen LogP contribution in [0.5, 0.6) is 0 Å². The fourth-order valence-electron chi connectivity index (χ4n) is 1.25. The van der Waals surface area contributed by atoms with Crippen molar-refractivity contribution in [1.82, 2.24) is 0 Å². The molecule has 0 rings (SSSR count). The molecule has 0 heterocycles. The van der Waals surface area contributed by atoms with Gasteiger partial charge in [0.25, 0.3) is 0 Å². The summed E-state index contributed by atoms with van der Waals surface area (Å²) in [7, 11) is 0. The summed E-state index contributed by atoms with van der Waals surface area (Å²) in [4.78, 5) is 21.5. The SMILES string of the molecule is CC(C)(C)OC(=O)CCOCCOCCOCCC(=O)O. The summed E-state index contributed by atoms with van der Waals surface area (Å²) in [6.45, 7) is 7.46. The summed E-state index contributed by atoms with van der Waals surface area (Å²) in [5, 5.41) is 8.38. The van der Waals surface area contributed by atoms with Gasteiger partial charge in [0, 0.05) is 0 Å². The Kier molecular flexibility index (Phi) is 10.8. The lowest BCUT2D eigenvalue weighted by Crippen LogP contribution is -2.24. The molecule has 0 atom stereocenters. The van der Waals surface area contributed by atoms with E-state index in [1.807, 2.05) is 20.8 Å². The monoisotopic (exact) mass is 306 g/mol. The summed E-state index contributed by atoms with van der Waals surface area (Å²) in [6.07, 6.45) is 0.212. The van der Waals surface area contributed by atoms with E-state index in [9.17, 15) is 9.59 Å². The molecule has 0 aromatic rings. The van der Waals surface area contributed by atoms with E-state index >= 15 is 0 Å². The predicted molar refractivity (Wildman–Crippen MR) is 75.2 cm³/mol. The number of aliphatic carboxylic acids is 1. The molecular weight excluding hydrogens is 280 g/mol. The molecule has 0 aromatic heterocycles. The average molecular weight is 306 g/mol. The highest BCUT2D eigenvalue weighted by atomic mass is 16.6. The van der Waals surface area contributed by atoms with Crippen molar-refractivity contribution in [1.29, 1.82) is 0 Å². The first-order chi connectivity index (χ1) is 9.81. The molecule has 124 valence electrons. The zero-order valence-corrected chi connectivity index (χ0v) is 13.1. The van der Waals surface area contributed by atoms with E-state index in [4.69, 9.17) is 24.1 Å². The van der Waals surface area contributed by atoms with Gasteiger partial charge in [-0.05, 0) is 20.8 Å². The largest absolute Gasteiger partial charge is 0.481 e. The molecule has 0 aliphatic rings. The average Bonchev–Trinajstić information content (AvgIpc) is 2.33. The van der Waals surface area contributed by atoms with E-state index < -0.39 is 11.6 Å². The number of rotatable bonds is 12. The molecule has 0 unspecified atom stereocenters. The molecule has 0 amide bonds. The summed E-state index contributed by atoms with van der Waals surface area (Å²) in [5.74, 6) is -1.16. The normalized spacial score (nSPS) is 11.4. The number of hydrogen-bond acceptors (Lipinski definition) is 6. The molecule has 0 radical (unpaired) electrons. The molecule has 21 heavy (non-hydrogen) atoms. The maximum atomic E-state index is 11.4. The van der Waals surface area contributed by atoms with Gasteiger partial charge in [-0.3, -0.25) is 9.59 Å². The lowest BCUT2D eigenvalue weighted by atomic mass is 10.2. The van der Waals surface area contributed by atoms with E-state index in [1.165, 1.54) is 0 Å². The highest BCUT2D eigenvalue weighted by molar-refractivity contribution is 5.69. The third-order valence-corrected chi connectivity index (χ3v) is 2.07. The lowest BCUT2D eigenvalue weighted by Gasteiger charge is -2.19. The summed E-state index contributed by atoms with van der Waals surface area (Å²) in [5.41, 5.74) is -0.471. The van der Waals surface area contributed by atoms with Crippen molar-refractivity contribution in [3.8, 4) is 0 Å². The van der Waals surface area contributed by atoms with Gasteiger partial charge < -0.3 is 24.1 Å². The third-order valence-electron chi connectivity index (χ3n) is 2.07. The highest BCUT2D eigenvalue weighted by Crippen LogP contribution is 2.07. The third kappa shape index (κ3) is 16.8. The van der Waals surface area contributed by atoms with Crippen LogP contribution >= 0.6 is 0 Å². The number of carboxylic acids is 1. The van der Waals surface area contributed by atoms with Crippen LogP contribution in [-0.4, -0.2) is 62.3 Å². The molecule has 7 nitrogen and oxygen atoms in total. The first-order valence-electron chi connectivity index (χ1n) is 6.98. The Morgan fingerprint density at radius 3 is 1.67 bits per heavy atom. The van der Waals surface area contributed by atoms with Crippen LogP contribution in [0.4, 0.5) is 0 Å². The molecule has 0 saturated heterocycles. The van der Waals surface area contributed by atoms with E-state index in [1.54, 1.807) is 0 Å². The molecule has 0 aliphatic heterocycles. The number of esters is 1. The molecule has 0 fully saturated rings. The second-order valence-corrected chi connectivity index (χ2v) is 5.32. The van der Waals surface area contributed by atoms with Gasteiger partial charge in [0.1, 0.15) is 5.60 Å². The lowest BCUT2D eigenvalue weighted by molar-refractivity contribution is -0.156. The van der Waals surface area contributed by atoms with Crippen LogP contribution in [0.15, 0.2) is 0 Å². The fourth-order valence-corrected chi connectivity index (χ4v) is 1.25. The number of hydrogen-bond donors (Lipinski definition) is 1. The molecule has 1 N–H and O–H groups in total. The van der Waals surface area contributed by atoms with Crippen LogP contribution in [0.1, 0.15) is 33.6 Å².